The van der Waals surface area contributed by atoms with Crippen LogP contribution in [-0.2, 0) is 4.79 Å². The van der Waals surface area contributed by atoms with Crippen molar-refractivity contribution >= 4 is 5.91 Å². The Morgan fingerprint density at radius 2 is 1.89 bits per heavy atom. The molecule has 0 spiro atoms. The molecule has 0 bridgehead atoms. The lowest BCUT2D eigenvalue weighted by atomic mass is 10.0. The molecule has 0 aliphatic rings. The van der Waals surface area contributed by atoms with Crippen molar-refractivity contribution in [1.82, 2.24) is 5.32 Å². The predicted octanol–water partition coefficient (Wildman–Crippen LogP) is 1.98. The topological polar surface area (TPSA) is 58.6 Å². The van der Waals surface area contributed by atoms with Gasteiger partial charge in [-0.1, -0.05) is 25.1 Å². The van der Waals surface area contributed by atoms with Crippen molar-refractivity contribution in [1.29, 1.82) is 0 Å². The van der Waals surface area contributed by atoms with Crippen molar-refractivity contribution in [3.05, 3.63) is 30.3 Å². The van der Waals surface area contributed by atoms with Crippen molar-refractivity contribution in [3.63, 3.8) is 0 Å². The summed E-state index contributed by atoms with van der Waals surface area (Å²) >= 11 is 0. The van der Waals surface area contributed by atoms with Crippen LogP contribution in [0.4, 0.5) is 0 Å². The molecule has 0 aromatic heterocycles. The van der Waals surface area contributed by atoms with Gasteiger partial charge in [-0.25, -0.2) is 0 Å². The molecule has 1 amide bonds. The number of hydrogen-bond acceptors (Lipinski definition) is 3. The van der Waals surface area contributed by atoms with E-state index in [1.54, 1.807) is 13.8 Å². The Morgan fingerprint density at radius 3 is 2.47 bits per heavy atom. The van der Waals surface area contributed by atoms with Gasteiger partial charge in [-0.15, -0.1) is 0 Å². The Kier molecular flexibility index (Phi) is 6.36. The van der Waals surface area contributed by atoms with Crippen molar-refractivity contribution in [3.8, 4) is 5.75 Å². The summed E-state index contributed by atoms with van der Waals surface area (Å²) in [4.78, 5) is 11.8. The van der Waals surface area contributed by atoms with E-state index in [0.717, 1.165) is 0 Å². The normalized spacial score (nSPS) is 15.4. The lowest BCUT2D eigenvalue weighted by Gasteiger charge is -2.17. The van der Waals surface area contributed by atoms with Crippen LogP contribution in [0.25, 0.3) is 0 Å². The smallest absolute Gasteiger partial charge is 0.260 e. The van der Waals surface area contributed by atoms with E-state index in [4.69, 9.17) is 4.74 Å². The monoisotopic (exact) mass is 265 g/mol. The Bertz CT molecular complexity index is 378. The fourth-order valence-corrected chi connectivity index (χ4v) is 1.84. The third kappa shape index (κ3) is 6.25. The molecule has 0 aliphatic carbocycles. The molecule has 0 aliphatic heterocycles. The summed E-state index contributed by atoms with van der Waals surface area (Å²) in [6, 6.07) is 9.27. The molecule has 0 radical (unpaired) electrons. The minimum Gasteiger partial charge on any atom is -0.481 e. The van der Waals surface area contributed by atoms with Gasteiger partial charge < -0.3 is 15.2 Å². The predicted molar refractivity (Wildman–Crippen MR) is 75.0 cm³/mol. The fourth-order valence-electron chi connectivity index (χ4n) is 1.84. The maximum atomic E-state index is 11.8. The van der Waals surface area contributed by atoms with Crippen molar-refractivity contribution in [2.45, 2.75) is 39.4 Å². The van der Waals surface area contributed by atoms with E-state index < -0.39 is 6.10 Å². The molecule has 1 rings (SSSR count). The first-order valence-corrected chi connectivity index (χ1v) is 6.66. The molecule has 2 N–H and O–H groups in total. The zero-order chi connectivity index (χ0) is 14.3. The Labute approximate surface area is 114 Å². The van der Waals surface area contributed by atoms with E-state index >= 15 is 0 Å². The number of benzene rings is 1. The van der Waals surface area contributed by atoms with Crippen LogP contribution in [0.3, 0.4) is 0 Å². The SMILES string of the molecule is CC(O)CC(C)CNC(=O)C(C)Oc1ccccc1. The zero-order valence-electron chi connectivity index (χ0n) is 11.8. The molecule has 3 unspecified atom stereocenters. The summed E-state index contributed by atoms with van der Waals surface area (Å²) < 4.78 is 5.53. The van der Waals surface area contributed by atoms with Crippen LogP contribution in [0.1, 0.15) is 27.2 Å². The standard InChI is InChI=1S/C15H23NO3/c1-11(9-12(2)17)10-16-15(18)13(3)19-14-7-5-4-6-8-14/h4-8,11-13,17H,9-10H2,1-3H3,(H,16,18). The van der Waals surface area contributed by atoms with Crippen LogP contribution < -0.4 is 10.1 Å². The summed E-state index contributed by atoms with van der Waals surface area (Å²) in [5.41, 5.74) is 0. The number of amides is 1. The first-order chi connectivity index (χ1) is 8.99. The van der Waals surface area contributed by atoms with E-state index in [1.165, 1.54) is 0 Å². The average Bonchev–Trinajstić information content (AvgIpc) is 2.36. The number of aliphatic hydroxyl groups excluding tert-OH is 1. The third-order valence-corrected chi connectivity index (χ3v) is 2.79. The minimum absolute atomic E-state index is 0.138. The molecule has 3 atom stereocenters. The summed E-state index contributed by atoms with van der Waals surface area (Å²) in [5.74, 6) is 0.788. The number of ether oxygens (including phenoxy) is 1. The fraction of sp³-hybridized carbons (Fsp3) is 0.533. The number of para-hydroxylation sites is 1. The molecular formula is C15H23NO3. The first-order valence-electron chi connectivity index (χ1n) is 6.66. The highest BCUT2D eigenvalue weighted by Gasteiger charge is 2.15. The number of carbonyl (C=O) groups excluding carboxylic acids is 1. The molecule has 0 saturated carbocycles. The number of hydrogen-bond donors (Lipinski definition) is 2. The maximum absolute atomic E-state index is 11.8. The van der Waals surface area contributed by atoms with Gasteiger partial charge in [0.2, 0.25) is 0 Å². The molecule has 0 fully saturated rings. The molecule has 4 nitrogen and oxygen atoms in total. The zero-order valence-corrected chi connectivity index (χ0v) is 11.8. The molecule has 1 aromatic rings. The lowest BCUT2D eigenvalue weighted by Crippen LogP contribution is -2.38. The Morgan fingerprint density at radius 1 is 1.26 bits per heavy atom. The van der Waals surface area contributed by atoms with E-state index in [0.29, 0.717) is 18.7 Å². The summed E-state index contributed by atoms with van der Waals surface area (Å²) in [6.07, 6.45) is -0.195. The minimum atomic E-state index is -0.527. The summed E-state index contributed by atoms with van der Waals surface area (Å²) in [6.45, 7) is 6.02. The van der Waals surface area contributed by atoms with Gasteiger partial charge in [0.15, 0.2) is 6.10 Å². The second-order valence-corrected chi connectivity index (χ2v) is 5.01. The quantitative estimate of drug-likeness (QED) is 0.792. The molecule has 0 saturated heterocycles. The number of rotatable bonds is 7. The van der Waals surface area contributed by atoms with E-state index in [9.17, 15) is 9.90 Å². The van der Waals surface area contributed by atoms with E-state index in [-0.39, 0.29) is 17.9 Å². The van der Waals surface area contributed by atoms with Crippen LogP contribution in [0.5, 0.6) is 5.75 Å². The molecule has 1 aromatic carbocycles. The largest absolute Gasteiger partial charge is 0.481 e. The molecule has 4 heteroatoms. The van der Waals surface area contributed by atoms with Gasteiger partial charge in [-0.05, 0) is 38.3 Å². The average molecular weight is 265 g/mol. The maximum Gasteiger partial charge on any atom is 0.260 e. The second-order valence-electron chi connectivity index (χ2n) is 5.01. The molecule has 19 heavy (non-hydrogen) atoms. The summed E-state index contributed by atoms with van der Waals surface area (Å²) in [5, 5.41) is 12.1. The number of nitrogens with one attached hydrogen (secondary N) is 1. The van der Waals surface area contributed by atoms with Crippen molar-refractivity contribution < 1.29 is 14.6 Å². The van der Waals surface area contributed by atoms with E-state index in [2.05, 4.69) is 5.32 Å². The number of aliphatic hydroxyl groups is 1. The van der Waals surface area contributed by atoms with Gasteiger partial charge in [0.1, 0.15) is 5.75 Å². The Balaban J connectivity index is 2.33. The van der Waals surface area contributed by atoms with E-state index in [1.807, 2.05) is 37.3 Å². The van der Waals surface area contributed by atoms with Crippen LogP contribution >= 0.6 is 0 Å². The van der Waals surface area contributed by atoms with Gasteiger partial charge in [0.25, 0.3) is 5.91 Å². The molecular weight excluding hydrogens is 242 g/mol. The Hall–Kier alpha value is -1.55. The van der Waals surface area contributed by atoms with Gasteiger partial charge in [-0.2, -0.15) is 0 Å². The molecule has 106 valence electrons. The van der Waals surface area contributed by atoms with Gasteiger partial charge >= 0.3 is 0 Å². The lowest BCUT2D eigenvalue weighted by molar-refractivity contribution is -0.127. The second kappa shape index (κ2) is 7.79. The van der Waals surface area contributed by atoms with Crippen LogP contribution in [0.15, 0.2) is 30.3 Å². The molecule has 0 heterocycles. The highest BCUT2D eigenvalue weighted by Crippen LogP contribution is 2.11. The van der Waals surface area contributed by atoms with Gasteiger partial charge in [0, 0.05) is 6.54 Å². The first kappa shape index (κ1) is 15.5. The van der Waals surface area contributed by atoms with Gasteiger partial charge in [0.05, 0.1) is 6.10 Å². The highest BCUT2D eigenvalue weighted by molar-refractivity contribution is 5.80. The van der Waals surface area contributed by atoms with Gasteiger partial charge in [-0.3, -0.25) is 4.79 Å². The van der Waals surface area contributed by atoms with Crippen LogP contribution in [0, 0.1) is 5.92 Å². The number of carbonyl (C=O) groups is 1. The van der Waals surface area contributed by atoms with Crippen molar-refractivity contribution in [2.24, 2.45) is 5.92 Å². The summed E-state index contributed by atoms with van der Waals surface area (Å²) in [7, 11) is 0. The van der Waals surface area contributed by atoms with Crippen LogP contribution in [0.2, 0.25) is 0 Å². The van der Waals surface area contributed by atoms with Crippen molar-refractivity contribution in [2.75, 3.05) is 6.54 Å². The van der Waals surface area contributed by atoms with Crippen LogP contribution in [-0.4, -0.2) is 29.8 Å². The highest BCUT2D eigenvalue weighted by atomic mass is 16.5. The third-order valence-electron chi connectivity index (χ3n) is 2.79.